The highest BCUT2D eigenvalue weighted by Gasteiger charge is 2.39. The lowest BCUT2D eigenvalue weighted by Gasteiger charge is -2.17. The summed E-state index contributed by atoms with van der Waals surface area (Å²) in [5, 5.41) is 3.32. The Morgan fingerprint density at radius 3 is 2.96 bits per heavy atom. The predicted molar refractivity (Wildman–Crippen MR) is 90.0 cm³/mol. The summed E-state index contributed by atoms with van der Waals surface area (Å²) in [5.74, 6) is 0.322. The second-order valence-corrected chi connectivity index (χ2v) is 6.77. The van der Waals surface area contributed by atoms with Crippen molar-refractivity contribution >= 4 is 5.70 Å². The van der Waals surface area contributed by atoms with Crippen LogP contribution in [-0.4, -0.2) is 44.6 Å². The second kappa shape index (κ2) is 7.38. The van der Waals surface area contributed by atoms with Crippen molar-refractivity contribution in [3.05, 3.63) is 29.8 Å². The van der Waals surface area contributed by atoms with Crippen LogP contribution in [0.25, 0.3) is 5.70 Å². The minimum atomic E-state index is -2.90. The van der Waals surface area contributed by atoms with Gasteiger partial charge in [0.25, 0.3) is 0 Å². The molecule has 0 aliphatic carbocycles. The molecule has 1 aromatic carbocycles. The van der Waals surface area contributed by atoms with Gasteiger partial charge in [0.1, 0.15) is 12.2 Å². The van der Waals surface area contributed by atoms with Gasteiger partial charge in [-0.3, -0.25) is 10.3 Å². The van der Waals surface area contributed by atoms with Gasteiger partial charge in [-0.2, -0.15) is 8.78 Å². The van der Waals surface area contributed by atoms with E-state index in [1.165, 1.54) is 6.07 Å². The van der Waals surface area contributed by atoms with E-state index in [1.807, 2.05) is 6.08 Å². The maximum atomic E-state index is 12.7. The second-order valence-electron chi connectivity index (χ2n) is 6.77. The summed E-state index contributed by atoms with van der Waals surface area (Å²) >= 11 is 0. The van der Waals surface area contributed by atoms with Gasteiger partial charge in [-0.05, 0) is 43.7 Å². The number of hydroxylamine groups is 1. The SMILES string of the molecule is FC(F)Oc1ccc(C2=CC3(CCOC3)ON2)cc1OC[C@@H]1CCCN1. The van der Waals surface area contributed by atoms with E-state index >= 15 is 0 Å². The summed E-state index contributed by atoms with van der Waals surface area (Å²) in [6, 6.07) is 5.13. The van der Waals surface area contributed by atoms with Gasteiger partial charge in [-0.1, -0.05) is 0 Å². The van der Waals surface area contributed by atoms with Crippen LogP contribution < -0.4 is 20.3 Å². The van der Waals surface area contributed by atoms with Gasteiger partial charge >= 0.3 is 6.61 Å². The van der Waals surface area contributed by atoms with E-state index in [0.29, 0.717) is 25.6 Å². The van der Waals surface area contributed by atoms with Crippen molar-refractivity contribution in [1.82, 2.24) is 10.8 Å². The number of ether oxygens (including phenoxy) is 3. The molecule has 3 aliphatic heterocycles. The van der Waals surface area contributed by atoms with Crippen LogP contribution in [0.5, 0.6) is 11.5 Å². The molecule has 0 aromatic heterocycles. The van der Waals surface area contributed by atoms with E-state index < -0.39 is 12.2 Å². The molecule has 4 rings (SSSR count). The molecule has 3 aliphatic rings. The maximum Gasteiger partial charge on any atom is 0.387 e. The lowest BCUT2D eigenvalue weighted by molar-refractivity contribution is -0.0515. The van der Waals surface area contributed by atoms with Gasteiger partial charge in [-0.25, -0.2) is 0 Å². The molecule has 0 radical (unpaired) electrons. The Labute approximate surface area is 150 Å². The summed E-state index contributed by atoms with van der Waals surface area (Å²) < 4.78 is 41.2. The van der Waals surface area contributed by atoms with Crippen molar-refractivity contribution in [3.8, 4) is 11.5 Å². The smallest absolute Gasteiger partial charge is 0.387 e. The van der Waals surface area contributed by atoms with Gasteiger partial charge in [-0.15, -0.1) is 0 Å². The van der Waals surface area contributed by atoms with Crippen LogP contribution in [0, 0.1) is 0 Å². The zero-order valence-electron chi connectivity index (χ0n) is 14.3. The highest BCUT2D eigenvalue weighted by atomic mass is 19.3. The third kappa shape index (κ3) is 3.77. The Hall–Kier alpha value is -1.90. The molecule has 6 nitrogen and oxygen atoms in total. The minimum Gasteiger partial charge on any atom is -0.488 e. The highest BCUT2D eigenvalue weighted by Crippen LogP contribution is 2.36. The zero-order valence-corrected chi connectivity index (χ0v) is 14.3. The lowest BCUT2D eigenvalue weighted by Crippen LogP contribution is -2.29. The van der Waals surface area contributed by atoms with Crippen molar-refractivity contribution in [3.63, 3.8) is 0 Å². The van der Waals surface area contributed by atoms with Crippen LogP contribution >= 0.6 is 0 Å². The Balaban J connectivity index is 1.54. The lowest BCUT2D eigenvalue weighted by atomic mass is 10.0. The van der Waals surface area contributed by atoms with Crippen LogP contribution in [-0.2, 0) is 9.57 Å². The van der Waals surface area contributed by atoms with Crippen molar-refractivity contribution in [2.24, 2.45) is 0 Å². The molecule has 8 heteroatoms. The van der Waals surface area contributed by atoms with Crippen LogP contribution in [0.4, 0.5) is 8.78 Å². The molecule has 0 bridgehead atoms. The topological polar surface area (TPSA) is 61.0 Å². The molecule has 2 saturated heterocycles. The predicted octanol–water partition coefficient (Wildman–Crippen LogP) is 2.45. The highest BCUT2D eigenvalue weighted by molar-refractivity contribution is 5.68. The maximum absolute atomic E-state index is 12.7. The first kappa shape index (κ1) is 17.5. The van der Waals surface area contributed by atoms with Crippen molar-refractivity contribution in [2.45, 2.75) is 37.5 Å². The van der Waals surface area contributed by atoms with Crippen molar-refractivity contribution in [1.29, 1.82) is 0 Å². The first-order valence-electron chi connectivity index (χ1n) is 8.84. The molecule has 2 fully saturated rings. The van der Waals surface area contributed by atoms with Crippen LogP contribution in [0.15, 0.2) is 24.3 Å². The van der Waals surface area contributed by atoms with E-state index in [0.717, 1.165) is 37.1 Å². The number of alkyl halides is 2. The standard InChI is InChI=1S/C18H22F2N2O4/c19-17(20)25-15-4-3-12(8-16(15)24-10-13-2-1-6-21-13)14-9-18(26-22-14)5-7-23-11-18/h3-4,8-9,13,17,21-22H,1-2,5-7,10-11H2/t13-,18?/m0/s1. The average molecular weight is 368 g/mol. The fourth-order valence-corrected chi connectivity index (χ4v) is 3.45. The third-order valence-corrected chi connectivity index (χ3v) is 4.86. The van der Waals surface area contributed by atoms with Crippen LogP contribution in [0.3, 0.4) is 0 Å². The largest absolute Gasteiger partial charge is 0.488 e. The molecule has 1 spiro atoms. The molecule has 0 amide bonds. The van der Waals surface area contributed by atoms with Gasteiger partial charge in [0, 0.05) is 24.6 Å². The fourth-order valence-electron chi connectivity index (χ4n) is 3.45. The monoisotopic (exact) mass is 368 g/mol. The Morgan fingerprint density at radius 1 is 1.31 bits per heavy atom. The van der Waals surface area contributed by atoms with E-state index in [-0.39, 0.29) is 11.8 Å². The number of rotatable bonds is 6. The quantitative estimate of drug-likeness (QED) is 0.804. The molecule has 1 unspecified atom stereocenters. The van der Waals surface area contributed by atoms with E-state index in [1.54, 1.807) is 12.1 Å². The number of hydrogen-bond acceptors (Lipinski definition) is 6. The van der Waals surface area contributed by atoms with Gasteiger partial charge in [0.05, 0.1) is 12.3 Å². The summed E-state index contributed by atoms with van der Waals surface area (Å²) in [5.41, 5.74) is 4.01. The Morgan fingerprint density at radius 2 is 2.23 bits per heavy atom. The normalized spacial score (nSPS) is 27.8. The zero-order chi connectivity index (χ0) is 18.0. The van der Waals surface area contributed by atoms with Gasteiger partial charge in [0.2, 0.25) is 0 Å². The summed E-state index contributed by atoms with van der Waals surface area (Å²) in [6.45, 7) is -0.405. The summed E-state index contributed by atoms with van der Waals surface area (Å²) in [4.78, 5) is 5.67. The van der Waals surface area contributed by atoms with E-state index in [9.17, 15) is 8.78 Å². The number of nitrogens with one attached hydrogen (secondary N) is 2. The molecule has 2 N–H and O–H groups in total. The first-order chi connectivity index (χ1) is 12.6. The minimum absolute atomic E-state index is 0.0279. The molecular formula is C18H22F2N2O4. The number of hydrogen-bond donors (Lipinski definition) is 2. The molecule has 26 heavy (non-hydrogen) atoms. The molecular weight excluding hydrogens is 346 g/mol. The summed E-state index contributed by atoms with van der Waals surface area (Å²) in [7, 11) is 0. The summed E-state index contributed by atoms with van der Waals surface area (Å²) in [6.07, 6.45) is 4.85. The van der Waals surface area contributed by atoms with Crippen LogP contribution in [0.1, 0.15) is 24.8 Å². The molecule has 3 heterocycles. The first-order valence-corrected chi connectivity index (χ1v) is 8.84. The van der Waals surface area contributed by atoms with Crippen molar-refractivity contribution in [2.75, 3.05) is 26.4 Å². The molecule has 0 saturated carbocycles. The van der Waals surface area contributed by atoms with Crippen LogP contribution in [0.2, 0.25) is 0 Å². The van der Waals surface area contributed by atoms with E-state index in [4.69, 9.17) is 14.3 Å². The Kier molecular flexibility index (Phi) is 4.97. The van der Waals surface area contributed by atoms with Gasteiger partial charge < -0.3 is 19.5 Å². The van der Waals surface area contributed by atoms with Crippen molar-refractivity contribution < 1.29 is 27.8 Å². The number of benzene rings is 1. The number of halogens is 2. The molecule has 2 atom stereocenters. The molecule has 1 aromatic rings. The fraction of sp³-hybridized carbons (Fsp3) is 0.556. The van der Waals surface area contributed by atoms with E-state index in [2.05, 4.69) is 15.5 Å². The average Bonchev–Trinajstić information content (AvgIpc) is 3.37. The third-order valence-electron chi connectivity index (χ3n) is 4.86. The van der Waals surface area contributed by atoms with Gasteiger partial charge in [0.15, 0.2) is 11.5 Å². The molecule has 142 valence electrons. The Bertz CT molecular complexity index is 671.